The molecular formula is C18H27BrN4O. The van der Waals surface area contributed by atoms with Crippen LogP contribution in [0.1, 0.15) is 18.4 Å². The summed E-state index contributed by atoms with van der Waals surface area (Å²) < 4.78 is 6.99. The molecular weight excluding hydrogens is 368 g/mol. The zero-order valence-corrected chi connectivity index (χ0v) is 16.1. The Bertz CT molecular complexity index is 588. The second kappa shape index (κ2) is 7.85. The Balaban J connectivity index is 1.50. The zero-order chi connectivity index (χ0) is 17.0. The highest BCUT2D eigenvalue weighted by atomic mass is 79.9. The lowest BCUT2D eigenvalue weighted by Gasteiger charge is -2.30. The summed E-state index contributed by atoms with van der Waals surface area (Å²) >= 11 is 3.69. The number of rotatable bonds is 5. The molecule has 1 atom stereocenters. The standard InChI is InChI=1S/C18H27BrN4O/c1-20-17(21-11-14-12-23(2)9-10-24-14)22-13-18(7-8-18)15-5-3-4-6-16(15)19/h3-6,14H,7-13H2,1-2H3,(H2,20,21,22). The van der Waals surface area contributed by atoms with Crippen LogP contribution in [0.25, 0.3) is 0 Å². The maximum atomic E-state index is 5.79. The number of nitrogens with one attached hydrogen (secondary N) is 2. The van der Waals surface area contributed by atoms with Gasteiger partial charge in [-0.15, -0.1) is 0 Å². The molecule has 0 amide bonds. The van der Waals surface area contributed by atoms with Gasteiger partial charge in [0.2, 0.25) is 0 Å². The fourth-order valence-corrected chi connectivity index (χ4v) is 3.96. The molecule has 2 aliphatic rings. The van der Waals surface area contributed by atoms with Crippen molar-refractivity contribution in [3.05, 3.63) is 34.3 Å². The van der Waals surface area contributed by atoms with Crippen molar-refractivity contribution in [3.8, 4) is 0 Å². The van der Waals surface area contributed by atoms with Crippen LogP contribution >= 0.6 is 15.9 Å². The number of guanidine groups is 1. The number of nitrogens with zero attached hydrogens (tertiary/aromatic N) is 2. The molecule has 6 heteroatoms. The fraction of sp³-hybridized carbons (Fsp3) is 0.611. The smallest absolute Gasteiger partial charge is 0.191 e. The molecule has 24 heavy (non-hydrogen) atoms. The van der Waals surface area contributed by atoms with E-state index in [0.29, 0.717) is 0 Å². The van der Waals surface area contributed by atoms with Crippen LogP contribution in [0.4, 0.5) is 0 Å². The first-order valence-corrected chi connectivity index (χ1v) is 9.42. The van der Waals surface area contributed by atoms with Crippen LogP contribution in [0.2, 0.25) is 0 Å². The van der Waals surface area contributed by atoms with Crippen LogP contribution in [0.5, 0.6) is 0 Å². The van der Waals surface area contributed by atoms with Crippen LogP contribution in [0.3, 0.4) is 0 Å². The monoisotopic (exact) mass is 394 g/mol. The van der Waals surface area contributed by atoms with E-state index in [-0.39, 0.29) is 11.5 Å². The minimum absolute atomic E-state index is 0.223. The number of ether oxygens (including phenoxy) is 1. The Labute approximate surface area is 153 Å². The van der Waals surface area contributed by atoms with Crippen LogP contribution in [-0.4, -0.2) is 63.8 Å². The van der Waals surface area contributed by atoms with E-state index in [4.69, 9.17) is 4.74 Å². The van der Waals surface area contributed by atoms with E-state index >= 15 is 0 Å². The molecule has 2 fully saturated rings. The average Bonchev–Trinajstić information content (AvgIpc) is 3.36. The van der Waals surface area contributed by atoms with Gasteiger partial charge in [0.15, 0.2) is 5.96 Å². The maximum Gasteiger partial charge on any atom is 0.191 e. The number of morpholine rings is 1. The summed E-state index contributed by atoms with van der Waals surface area (Å²) in [6.07, 6.45) is 2.66. The quantitative estimate of drug-likeness (QED) is 0.592. The number of aliphatic imine (C=N–C) groups is 1. The Morgan fingerprint density at radius 1 is 1.38 bits per heavy atom. The first-order chi connectivity index (χ1) is 11.6. The molecule has 1 unspecified atom stereocenters. The molecule has 2 N–H and O–H groups in total. The third-order valence-electron chi connectivity index (χ3n) is 4.96. The molecule has 0 aromatic heterocycles. The van der Waals surface area contributed by atoms with Gasteiger partial charge in [-0.2, -0.15) is 0 Å². The van der Waals surface area contributed by atoms with Crippen LogP contribution < -0.4 is 10.6 Å². The Kier molecular flexibility index (Phi) is 5.79. The topological polar surface area (TPSA) is 48.9 Å². The van der Waals surface area contributed by atoms with Crippen LogP contribution in [-0.2, 0) is 10.2 Å². The van der Waals surface area contributed by atoms with Gasteiger partial charge in [-0.25, -0.2) is 0 Å². The van der Waals surface area contributed by atoms with Crippen molar-refractivity contribution in [1.82, 2.24) is 15.5 Å². The lowest BCUT2D eigenvalue weighted by atomic mass is 9.96. The average molecular weight is 395 g/mol. The summed E-state index contributed by atoms with van der Waals surface area (Å²) in [5.74, 6) is 0.852. The number of likely N-dealkylation sites (N-methyl/N-ethyl adjacent to an activating group) is 1. The normalized spacial score (nSPS) is 23.8. The van der Waals surface area contributed by atoms with Crippen molar-refractivity contribution in [3.63, 3.8) is 0 Å². The Hall–Kier alpha value is -1.11. The number of benzene rings is 1. The summed E-state index contributed by atoms with van der Waals surface area (Å²) in [4.78, 5) is 6.66. The van der Waals surface area contributed by atoms with Gasteiger partial charge in [-0.3, -0.25) is 4.99 Å². The second-order valence-electron chi connectivity index (χ2n) is 6.82. The minimum Gasteiger partial charge on any atom is -0.374 e. The molecule has 132 valence electrons. The van der Waals surface area contributed by atoms with Gasteiger partial charge >= 0.3 is 0 Å². The van der Waals surface area contributed by atoms with E-state index in [1.54, 1.807) is 0 Å². The van der Waals surface area contributed by atoms with Gasteiger partial charge in [0.25, 0.3) is 0 Å². The third kappa shape index (κ3) is 4.29. The van der Waals surface area contributed by atoms with E-state index in [1.165, 1.54) is 22.9 Å². The van der Waals surface area contributed by atoms with E-state index in [9.17, 15) is 0 Å². The molecule has 1 aromatic carbocycles. The fourth-order valence-electron chi connectivity index (χ4n) is 3.26. The number of hydrogen-bond donors (Lipinski definition) is 2. The van der Waals surface area contributed by atoms with Crippen molar-refractivity contribution in [2.75, 3.05) is 46.9 Å². The SMILES string of the molecule is CN=C(NCC1CN(C)CCO1)NCC1(c2ccccc2Br)CC1. The van der Waals surface area contributed by atoms with Gasteiger partial charge in [0.1, 0.15) is 0 Å². The number of halogens is 1. The van der Waals surface area contributed by atoms with Crippen molar-refractivity contribution in [2.24, 2.45) is 4.99 Å². The summed E-state index contributed by atoms with van der Waals surface area (Å²) in [6.45, 7) is 4.47. The molecule has 1 heterocycles. The van der Waals surface area contributed by atoms with E-state index < -0.39 is 0 Å². The zero-order valence-electron chi connectivity index (χ0n) is 14.5. The van der Waals surface area contributed by atoms with Gasteiger partial charge in [-0.05, 0) is 31.5 Å². The highest BCUT2D eigenvalue weighted by Crippen LogP contribution is 2.49. The molecule has 1 aliphatic heterocycles. The molecule has 0 radical (unpaired) electrons. The first kappa shape index (κ1) is 17.7. The van der Waals surface area contributed by atoms with Gasteiger partial charge < -0.3 is 20.3 Å². The molecule has 0 spiro atoms. The highest BCUT2D eigenvalue weighted by Gasteiger charge is 2.45. The van der Waals surface area contributed by atoms with E-state index in [0.717, 1.165) is 38.7 Å². The molecule has 0 bridgehead atoms. The Morgan fingerprint density at radius 2 is 2.17 bits per heavy atom. The van der Waals surface area contributed by atoms with E-state index in [1.807, 2.05) is 7.05 Å². The van der Waals surface area contributed by atoms with Crippen molar-refractivity contribution in [1.29, 1.82) is 0 Å². The lowest BCUT2D eigenvalue weighted by Crippen LogP contribution is -2.49. The van der Waals surface area contributed by atoms with Gasteiger partial charge in [-0.1, -0.05) is 34.1 Å². The van der Waals surface area contributed by atoms with Gasteiger partial charge in [0.05, 0.1) is 12.7 Å². The molecule has 1 saturated heterocycles. The molecule has 1 saturated carbocycles. The summed E-state index contributed by atoms with van der Waals surface area (Å²) in [5.41, 5.74) is 1.63. The largest absolute Gasteiger partial charge is 0.374 e. The van der Waals surface area contributed by atoms with Crippen molar-refractivity contribution >= 4 is 21.9 Å². The van der Waals surface area contributed by atoms with Crippen LogP contribution in [0, 0.1) is 0 Å². The van der Waals surface area contributed by atoms with Crippen LogP contribution in [0.15, 0.2) is 33.7 Å². The van der Waals surface area contributed by atoms with Crippen molar-refractivity contribution in [2.45, 2.75) is 24.4 Å². The minimum atomic E-state index is 0.223. The maximum absolute atomic E-state index is 5.79. The predicted molar refractivity (Wildman–Crippen MR) is 102 cm³/mol. The molecule has 1 aromatic rings. The molecule has 3 rings (SSSR count). The summed E-state index contributed by atoms with van der Waals surface area (Å²) in [7, 11) is 3.96. The number of hydrogen-bond acceptors (Lipinski definition) is 3. The molecule has 1 aliphatic carbocycles. The van der Waals surface area contributed by atoms with E-state index in [2.05, 4.69) is 67.8 Å². The third-order valence-corrected chi connectivity index (χ3v) is 5.65. The predicted octanol–water partition coefficient (Wildman–Crippen LogP) is 1.98. The summed E-state index contributed by atoms with van der Waals surface area (Å²) in [6, 6.07) is 8.53. The van der Waals surface area contributed by atoms with Crippen molar-refractivity contribution < 1.29 is 4.74 Å². The van der Waals surface area contributed by atoms with Gasteiger partial charge in [0, 0.05) is 43.1 Å². The molecule has 5 nitrogen and oxygen atoms in total. The lowest BCUT2D eigenvalue weighted by molar-refractivity contribution is -0.0161. The summed E-state index contributed by atoms with van der Waals surface area (Å²) in [5, 5.41) is 6.90. The highest BCUT2D eigenvalue weighted by molar-refractivity contribution is 9.10. The second-order valence-corrected chi connectivity index (χ2v) is 7.68. The first-order valence-electron chi connectivity index (χ1n) is 8.63. The Morgan fingerprint density at radius 3 is 2.83 bits per heavy atom.